The van der Waals surface area contributed by atoms with E-state index in [0.29, 0.717) is 0 Å². The third-order valence-corrected chi connectivity index (χ3v) is 10.2. The van der Waals surface area contributed by atoms with Gasteiger partial charge in [-0.25, -0.2) is 0 Å². The Morgan fingerprint density at radius 2 is 0.942 bits per heavy atom. The van der Waals surface area contributed by atoms with Crippen LogP contribution in [0.25, 0.3) is 76.9 Å². The summed E-state index contributed by atoms with van der Waals surface area (Å²) in [5, 5.41) is 8.56. The van der Waals surface area contributed by atoms with E-state index in [1.807, 2.05) is 18.2 Å². The van der Waals surface area contributed by atoms with Crippen LogP contribution in [0.1, 0.15) is 0 Å². The highest BCUT2D eigenvalue weighted by Gasteiger charge is 2.18. The van der Waals surface area contributed by atoms with Crippen molar-refractivity contribution in [3.63, 3.8) is 0 Å². The van der Waals surface area contributed by atoms with Crippen LogP contribution in [0.3, 0.4) is 0 Å². The first-order valence-electron chi connectivity index (χ1n) is 17.8. The molecule has 0 aliphatic rings. The van der Waals surface area contributed by atoms with Crippen LogP contribution in [-0.2, 0) is 0 Å². The highest BCUT2D eigenvalue weighted by molar-refractivity contribution is 6.14. The van der Waals surface area contributed by atoms with Gasteiger partial charge in [0.05, 0.1) is 5.69 Å². The molecular formula is C50H33NO. The summed E-state index contributed by atoms with van der Waals surface area (Å²) < 4.78 is 6.25. The molecule has 0 radical (unpaired) electrons. The molecule has 244 valence electrons. The van der Waals surface area contributed by atoms with E-state index >= 15 is 0 Å². The molecule has 0 saturated carbocycles. The van der Waals surface area contributed by atoms with Gasteiger partial charge in [0.25, 0.3) is 0 Å². The molecule has 2 nitrogen and oxygen atoms in total. The fourth-order valence-corrected chi connectivity index (χ4v) is 7.78. The van der Waals surface area contributed by atoms with Crippen LogP contribution in [0.2, 0.25) is 0 Å². The Morgan fingerprint density at radius 1 is 0.327 bits per heavy atom. The summed E-state index contributed by atoms with van der Waals surface area (Å²) in [7, 11) is 0. The van der Waals surface area contributed by atoms with Gasteiger partial charge < -0.3 is 9.32 Å². The van der Waals surface area contributed by atoms with Crippen LogP contribution >= 0.6 is 0 Å². The summed E-state index contributed by atoms with van der Waals surface area (Å²) in [6.45, 7) is 0. The smallest absolute Gasteiger partial charge is 0.135 e. The third-order valence-electron chi connectivity index (χ3n) is 10.2. The molecule has 9 aromatic carbocycles. The minimum atomic E-state index is 0.874. The Bertz CT molecular complexity index is 2870. The second kappa shape index (κ2) is 12.5. The lowest BCUT2D eigenvalue weighted by Crippen LogP contribution is -2.10. The van der Waals surface area contributed by atoms with Gasteiger partial charge in [0.15, 0.2) is 0 Å². The lowest BCUT2D eigenvalue weighted by Gasteiger charge is -2.27. The molecule has 0 fully saturated rings. The average molecular weight is 664 g/mol. The Kier molecular flexibility index (Phi) is 7.18. The van der Waals surface area contributed by atoms with Gasteiger partial charge in [-0.15, -0.1) is 0 Å². The number of fused-ring (bicyclic) bond motifs is 5. The van der Waals surface area contributed by atoms with Gasteiger partial charge in [-0.3, -0.25) is 0 Å². The van der Waals surface area contributed by atoms with Crippen LogP contribution in [0.5, 0.6) is 0 Å². The molecule has 0 saturated heterocycles. The lowest BCUT2D eigenvalue weighted by atomic mass is 9.93. The van der Waals surface area contributed by atoms with Crippen molar-refractivity contribution in [2.75, 3.05) is 4.90 Å². The second-order valence-corrected chi connectivity index (χ2v) is 13.3. The van der Waals surface area contributed by atoms with Crippen LogP contribution in [0.15, 0.2) is 205 Å². The lowest BCUT2D eigenvalue weighted by molar-refractivity contribution is 0.631. The van der Waals surface area contributed by atoms with Gasteiger partial charge in [0.2, 0.25) is 0 Å². The van der Waals surface area contributed by atoms with Crippen LogP contribution in [0.4, 0.5) is 17.1 Å². The summed E-state index contributed by atoms with van der Waals surface area (Å²) in [4.78, 5) is 2.37. The van der Waals surface area contributed by atoms with E-state index in [1.54, 1.807) is 0 Å². The van der Waals surface area contributed by atoms with E-state index in [4.69, 9.17) is 4.42 Å². The van der Waals surface area contributed by atoms with Crippen molar-refractivity contribution >= 4 is 60.3 Å². The molecule has 0 aliphatic heterocycles. The number of nitrogens with zero attached hydrogens (tertiary/aromatic N) is 1. The van der Waals surface area contributed by atoms with Gasteiger partial charge >= 0.3 is 0 Å². The molecular weight excluding hydrogens is 631 g/mol. The molecule has 1 aromatic heterocycles. The van der Waals surface area contributed by atoms with Gasteiger partial charge in [-0.1, -0.05) is 146 Å². The Hall–Kier alpha value is -6.90. The van der Waals surface area contributed by atoms with Gasteiger partial charge in [0.1, 0.15) is 11.3 Å². The minimum absolute atomic E-state index is 0.874. The van der Waals surface area contributed by atoms with Crippen molar-refractivity contribution in [2.24, 2.45) is 0 Å². The number of anilines is 3. The van der Waals surface area contributed by atoms with E-state index in [9.17, 15) is 0 Å². The molecule has 0 N–H and O–H groups in total. The Morgan fingerprint density at radius 3 is 1.73 bits per heavy atom. The van der Waals surface area contributed by atoms with Gasteiger partial charge in [-0.05, 0) is 104 Å². The number of para-hydroxylation sites is 2. The van der Waals surface area contributed by atoms with E-state index in [1.165, 1.54) is 49.0 Å². The predicted octanol–water partition coefficient (Wildman–Crippen LogP) is 14.4. The van der Waals surface area contributed by atoms with Gasteiger partial charge in [0, 0.05) is 27.7 Å². The molecule has 0 aliphatic carbocycles. The predicted molar refractivity (Wildman–Crippen MR) is 220 cm³/mol. The Labute approximate surface area is 302 Å². The van der Waals surface area contributed by atoms with E-state index < -0.39 is 0 Å². The maximum absolute atomic E-state index is 6.25. The van der Waals surface area contributed by atoms with Gasteiger partial charge in [-0.2, -0.15) is 0 Å². The minimum Gasteiger partial charge on any atom is -0.456 e. The maximum Gasteiger partial charge on any atom is 0.135 e. The monoisotopic (exact) mass is 663 g/mol. The quantitative estimate of drug-likeness (QED) is 0.165. The summed E-state index contributed by atoms with van der Waals surface area (Å²) in [6, 6.07) is 71.7. The topological polar surface area (TPSA) is 16.4 Å². The Balaban J connectivity index is 1.09. The summed E-state index contributed by atoms with van der Waals surface area (Å²) in [5.41, 5.74) is 10.1. The molecule has 52 heavy (non-hydrogen) atoms. The SMILES string of the molecule is c1ccc(N(c2ccc(-c3cc4ccccc4c4ccccc34)cc2)c2ccc(-c3cccc(-c4cc5ccccc5o4)c3)c3ccccc23)cc1. The number of furan rings is 1. The fourth-order valence-electron chi connectivity index (χ4n) is 7.78. The summed E-state index contributed by atoms with van der Waals surface area (Å²) in [6.07, 6.45) is 0. The molecule has 0 unspecified atom stereocenters. The van der Waals surface area contributed by atoms with Crippen molar-refractivity contribution in [3.8, 4) is 33.6 Å². The molecule has 0 atom stereocenters. The number of hydrogen-bond donors (Lipinski definition) is 0. The van der Waals surface area contributed by atoms with Crippen molar-refractivity contribution in [3.05, 3.63) is 200 Å². The molecule has 10 aromatic rings. The van der Waals surface area contributed by atoms with E-state index in [0.717, 1.165) is 44.9 Å². The highest BCUT2D eigenvalue weighted by Crippen LogP contribution is 2.43. The molecule has 2 heteroatoms. The first-order chi connectivity index (χ1) is 25.8. The number of hydrogen-bond acceptors (Lipinski definition) is 2. The molecule has 1 heterocycles. The zero-order valence-corrected chi connectivity index (χ0v) is 28.4. The normalized spacial score (nSPS) is 11.5. The third kappa shape index (κ3) is 5.12. The maximum atomic E-state index is 6.25. The van der Waals surface area contributed by atoms with Crippen molar-refractivity contribution < 1.29 is 4.42 Å². The zero-order chi connectivity index (χ0) is 34.4. The van der Waals surface area contributed by atoms with E-state index in [2.05, 4.69) is 187 Å². The molecule has 10 rings (SSSR count). The van der Waals surface area contributed by atoms with Crippen LogP contribution in [0, 0.1) is 0 Å². The average Bonchev–Trinajstić information content (AvgIpc) is 3.66. The first-order valence-corrected chi connectivity index (χ1v) is 17.8. The summed E-state index contributed by atoms with van der Waals surface area (Å²) >= 11 is 0. The first kappa shape index (κ1) is 30.0. The molecule has 0 spiro atoms. The van der Waals surface area contributed by atoms with Crippen molar-refractivity contribution in [2.45, 2.75) is 0 Å². The second-order valence-electron chi connectivity index (χ2n) is 13.3. The number of benzene rings is 9. The van der Waals surface area contributed by atoms with Crippen molar-refractivity contribution in [1.29, 1.82) is 0 Å². The summed E-state index contributed by atoms with van der Waals surface area (Å²) in [5.74, 6) is 0.874. The highest BCUT2D eigenvalue weighted by atomic mass is 16.3. The molecule has 0 amide bonds. The fraction of sp³-hybridized carbons (Fsp3) is 0. The standard InChI is InChI=1S/C50H33NO/c1-2-17-39(18-3-1)51(40-27-25-34(26-28-40)47-32-36-13-4-6-19-41(36)43-20-7-8-22-45(43)47)48-30-29-42(44-21-9-10-23-46(44)48)35-15-12-16-37(31-35)50-33-38-14-5-11-24-49(38)52-50/h1-33H. The van der Waals surface area contributed by atoms with E-state index in [-0.39, 0.29) is 0 Å². The van der Waals surface area contributed by atoms with Crippen molar-refractivity contribution in [1.82, 2.24) is 0 Å². The number of rotatable bonds is 6. The van der Waals surface area contributed by atoms with Crippen LogP contribution in [-0.4, -0.2) is 0 Å². The zero-order valence-electron chi connectivity index (χ0n) is 28.4. The largest absolute Gasteiger partial charge is 0.456 e. The van der Waals surface area contributed by atoms with Crippen LogP contribution < -0.4 is 4.90 Å². The molecule has 0 bridgehead atoms.